The first kappa shape index (κ1) is 14.7. The van der Waals surface area contributed by atoms with Gasteiger partial charge in [-0.2, -0.15) is 12.7 Å². The Morgan fingerprint density at radius 2 is 1.70 bits per heavy atom. The Hall–Kier alpha value is -1.67. The first-order chi connectivity index (χ1) is 9.47. The van der Waals surface area contributed by atoms with Crippen molar-refractivity contribution in [2.45, 2.75) is 12.8 Å². The molecule has 7 nitrogen and oxygen atoms in total. The van der Waals surface area contributed by atoms with Gasteiger partial charge in [0.2, 0.25) is 0 Å². The molecule has 2 rings (SSSR count). The van der Waals surface area contributed by atoms with Gasteiger partial charge in [0.1, 0.15) is 0 Å². The standard InChI is InChI=1S/C12H19N3O4S/c1-18-11-7-9(13)10(8-12(11)19-2)14-20(16,17)15-5-3-4-6-15/h7-8,14H,3-6,13H2,1-2H3. The fraction of sp³-hybridized carbons (Fsp3) is 0.500. The van der Waals surface area contributed by atoms with E-state index in [9.17, 15) is 8.42 Å². The lowest BCUT2D eigenvalue weighted by Gasteiger charge is -2.19. The molecule has 1 heterocycles. The topological polar surface area (TPSA) is 93.9 Å². The van der Waals surface area contributed by atoms with Gasteiger partial charge in [0.05, 0.1) is 25.6 Å². The van der Waals surface area contributed by atoms with Gasteiger partial charge in [0.15, 0.2) is 11.5 Å². The van der Waals surface area contributed by atoms with Crippen LogP contribution in [0.25, 0.3) is 0 Å². The van der Waals surface area contributed by atoms with Gasteiger partial charge in [-0.25, -0.2) is 0 Å². The molecule has 0 spiro atoms. The van der Waals surface area contributed by atoms with E-state index in [2.05, 4.69) is 4.72 Å². The summed E-state index contributed by atoms with van der Waals surface area (Å²) in [5.41, 5.74) is 6.41. The van der Waals surface area contributed by atoms with Crippen LogP contribution in [0.2, 0.25) is 0 Å². The van der Waals surface area contributed by atoms with Crippen molar-refractivity contribution in [1.82, 2.24) is 4.31 Å². The molecule has 0 radical (unpaired) electrons. The Kier molecular flexibility index (Phi) is 4.24. The number of nitrogens with two attached hydrogens (primary N) is 1. The van der Waals surface area contributed by atoms with Gasteiger partial charge in [-0.3, -0.25) is 4.72 Å². The van der Waals surface area contributed by atoms with Crippen molar-refractivity contribution in [3.8, 4) is 11.5 Å². The van der Waals surface area contributed by atoms with Crippen LogP contribution in [0.15, 0.2) is 12.1 Å². The van der Waals surface area contributed by atoms with Gasteiger partial charge in [0.25, 0.3) is 0 Å². The van der Waals surface area contributed by atoms with E-state index in [1.165, 1.54) is 30.7 Å². The zero-order valence-electron chi connectivity index (χ0n) is 11.5. The zero-order valence-corrected chi connectivity index (χ0v) is 12.4. The number of nitrogen functional groups attached to an aromatic ring is 1. The molecule has 112 valence electrons. The smallest absolute Gasteiger partial charge is 0.301 e. The SMILES string of the molecule is COc1cc(N)c(NS(=O)(=O)N2CCCC2)cc1OC. The van der Waals surface area contributed by atoms with E-state index in [1.807, 2.05) is 0 Å². The van der Waals surface area contributed by atoms with Crippen LogP contribution in [0.3, 0.4) is 0 Å². The van der Waals surface area contributed by atoms with E-state index < -0.39 is 10.2 Å². The van der Waals surface area contributed by atoms with Crippen molar-refractivity contribution >= 4 is 21.6 Å². The second kappa shape index (κ2) is 5.76. The molecule has 0 saturated carbocycles. The number of rotatable bonds is 5. The van der Waals surface area contributed by atoms with Gasteiger partial charge >= 0.3 is 10.2 Å². The fourth-order valence-corrected chi connectivity index (χ4v) is 3.44. The Morgan fingerprint density at radius 3 is 2.25 bits per heavy atom. The van der Waals surface area contributed by atoms with Crippen LogP contribution in [0.1, 0.15) is 12.8 Å². The maximum Gasteiger partial charge on any atom is 0.301 e. The van der Waals surface area contributed by atoms with Gasteiger partial charge in [-0.1, -0.05) is 0 Å². The Labute approximate surface area is 118 Å². The molecule has 8 heteroatoms. The molecule has 0 amide bonds. The molecule has 1 aliphatic rings. The van der Waals surface area contributed by atoms with E-state index >= 15 is 0 Å². The Morgan fingerprint density at radius 1 is 1.15 bits per heavy atom. The molecule has 1 aromatic carbocycles. The lowest BCUT2D eigenvalue weighted by Crippen LogP contribution is -2.33. The average molecular weight is 301 g/mol. The van der Waals surface area contributed by atoms with E-state index in [4.69, 9.17) is 15.2 Å². The average Bonchev–Trinajstić information content (AvgIpc) is 2.95. The summed E-state index contributed by atoms with van der Waals surface area (Å²) in [5, 5.41) is 0. The molecule has 3 N–H and O–H groups in total. The van der Waals surface area contributed by atoms with Gasteiger partial charge in [-0.15, -0.1) is 0 Å². The second-order valence-electron chi connectivity index (χ2n) is 4.51. The number of ether oxygens (including phenoxy) is 2. The first-order valence-electron chi connectivity index (χ1n) is 6.27. The molecular formula is C12H19N3O4S. The number of hydrogen-bond donors (Lipinski definition) is 2. The quantitative estimate of drug-likeness (QED) is 0.792. The number of nitrogens with zero attached hydrogens (tertiary/aromatic N) is 1. The molecule has 0 aromatic heterocycles. The summed E-state index contributed by atoms with van der Waals surface area (Å²) in [6, 6.07) is 3.04. The maximum absolute atomic E-state index is 12.2. The number of benzene rings is 1. The minimum atomic E-state index is -3.57. The second-order valence-corrected chi connectivity index (χ2v) is 6.18. The van der Waals surface area contributed by atoms with Gasteiger partial charge in [0, 0.05) is 25.2 Å². The van der Waals surface area contributed by atoms with Crippen molar-refractivity contribution < 1.29 is 17.9 Å². The predicted octanol–water partition coefficient (Wildman–Crippen LogP) is 1.04. The predicted molar refractivity (Wildman–Crippen MR) is 77.3 cm³/mol. The largest absolute Gasteiger partial charge is 0.493 e. The molecule has 1 aliphatic heterocycles. The normalized spacial score (nSPS) is 16.1. The van der Waals surface area contributed by atoms with E-state index in [1.54, 1.807) is 0 Å². The maximum atomic E-state index is 12.2. The zero-order chi connectivity index (χ0) is 14.8. The van der Waals surface area contributed by atoms with Crippen molar-refractivity contribution in [3.63, 3.8) is 0 Å². The summed E-state index contributed by atoms with van der Waals surface area (Å²) in [6.45, 7) is 1.06. The number of hydrogen-bond acceptors (Lipinski definition) is 5. The molecular weight excluding hydrogens is 282 g/mol. The van der Waals surface area contributed by atoms with Crippen LogP contribution in [-0.4, -0.2) is 40.0 Å². The highest BCUT2D eigenvalue weighted by atomic mass is 32.2. The number of nitrogens with one attached hydrogen (secondary N) is 1. The van der Waals surface area contributed by atoms with Gasteiger partial charge < -0.3 is 15.2 Å². The first-order valence-corrected chi connectivity index (χ1v) is 7.71. The highest BCUT2D eigenvalue weighted by Crippen LogP contribution is 2.35. The molecule has 0 atom stereocenters. The van der Waals surface area contributed by atoms with Crippen LogP contribution in [0.5, 0.6) is 11.5 Å². The number of methoxy groups -OCH3 is 2. The van der Waals surface area contributed by atoms with Crippen molar-refractivity contribution in [3.05, 3.63) is 12.1 Å². The molecule has 1 fully saturated rings. The van der Waals surface area contributed by atoms with Crippen LogP contribution < -0.4 is 19.9 Å². The molecule has 1 saturated heterocycles. The monoisotopic (exact) mass is 301 g/mol. The summed E-state index contributed by atoms with van der Waals surface area (Å²) < 4.78 is 38.5. The molecule has 20 heavy (non-hydrogen) atoms. The van der Waals surface area contributed by atoms with Crippen LogP contribution in [0, 0.1) is 0 Å². The lowest BCUT2D eigenvalue weighted by atomic mass is 10.2. The Bertz CT molecular complexity index is 583. The van der Waals surface area contributed by atoms with Crippen molar-refractivity contribution in [1.29, 1.82) is 0 Å². The van der Waals surface area contributed by atoms with Crippen molar-refractivity contribution in [2.75, 3.05) is 37.8 Å². The van der Waals surface area contributed by atoms with Crippen LogP contribution in [0.4, 0.5) is 11.4 Å². The lowest BCUT2D eigenvalue weighted by molar-refractivity contribution is 0.355. The number of anilines is 2. The summed E-state index contributed by atoms with van der Waals surface area (Å²) in [6.07, 6.45) is 1.75. The van der Waals surface area contributed by atoms with E-state index in [0.29, 0.717) is 24.6 Å². The van der Waals surface area contributed by atoms with E-state index in [-0.39, 0.29) is 11.4 Å². The third-order valence-electron chi connectivity index (χ3n) is 3.20. The van der Waals surface area contributed by atoms with Crippen LogP contribution >= 0.6 is 0 Å². The summed E-state index contributed by atoms with van der Waals surface area (Å²) in [7, 11) is -0.603. The highest BCUT2D eigenvalue weighted by molar-refractivity contribution is 7.90. The summed E-state index contributed by atoms with van der Waals surface area (Å²) in [4.78, 5) is 0. The minimum Gasteiger partial charge on any atom is -0.493 e. The summed E-state index contributed by atoms with van der Waals surface area (Å²) in [5.74, 6) is 0.870. The van der Waals surface area contributed by atoms with E-state index in [0.717, 1.165) is 12.8 Å². The van der Waals surface area contributed by atoms with Crippen molar-refractivity contribution in [2.24, 2.45) is 0 Å². The minimum absolute atomic E-state index is 0.283. The third-order valence-corrected chi connectivity index (χ3v) is 4.72. The fourth-order valence-electron chi connectivity index (χ4n) is 2.12. The highest BCUT2D eigenvalue weighted by Gasteiger charge is 2.26. The summed E-state index contributed by atoms with van der Waals surface area (Å²) >= 11 is 0. The molecule has 0 aliphatic carbocycles. The third kappa shape index (κ3) is 2.91. The molecule has 0 unspecified atom stereocenters. The molecule has 0 bridgehead atoms. The van der Waals surface area contributed by atoms with Crippen LogP contribution in [-0.2, 0) is 10.2 Å². The van der Waals surface area contributed by atoms with Gasteiger partial charge in [-0.05, 0) is 12.8 Å². The Balaban J connectivity index is 2.29. The molecule has 1 aromatic rings.